The van der Waals surface area contributed by atoms with Crippen molar-refractivity contribution in [1.29, 1.82) is 0 Å². The Labute approximate surface area is 165 Å². The molecule has 2 rings (SSSR count). The number of amides is 1. The predicted molar refractivity (Wildman–Crippen MR) is 104 cm³/mol. The first-order valence-electron chi connectivity index (χ1n) is 8.39. The van der Waals surface area contributed by atoms with Gasteiger partial charge in [0.1, 0.15) is 0 Å². The molecule has 0 radical (unpaired) electrons. The summed E-state index contributed by atoms with van der Waals surface area (Å²) in [5.74, 6) is -0.429. The summed E-state index contributed by atoms with van der Waals surface area (Å²) in [7, 11) is 0. The van der Waals surface area contributed by atoms with Gasteiger partial charge in [-0.1, -0.05) is 67.0 Å². The Bertz CT molecular complexity index is 803. The third kappa shape index (κ3) is 5.96. The number of alkyl halides is 3. The van der Waals surface area contributed by atoms with E-state index >= 15 is 0 Å². The molecule has 27 heavy (non-hydrogen) atoms. The van der Waals surface area contributed by atoms with E-state index in [9.17, 15) is 18.0 Å². The minimum absolute atomic E-state index is 0.138. The van der Waals surface area contributed by atoms with Gasteiger partial charge >= 0.3 is 6.18 Å². The fourth-order valence-electron chi connectivity index (χ4n) is 2.40. The molecule has 6 heteroatoms. The summed E-state index contributed by atoms with van der Waals surface area (Å²) in [6.07, 6.45) is -1.05. The Morgan fingerprint density at radius 3 is 1.89 bits per heavy atom. The van der Waals surface area contributed by atoms with E-state index in [2.05, 4.69) is 21.2 Å². The molecule has 2 nitrogen and oxygen atoms in total. The average molecular weight is 440 g/mol. The minimum atomic E-state index is -4.37. The maximum Gasteiger partial charge on any atom is 0.416 e. The van der Waals surface area contributed by atoms with Crippen molar-refractivity contribution < 1.29 is 18.0 Å². The molecule has 0 saturated heterocycles. The number of rotatable bonds is 4. The Kier molecular flexibility index (Phi) is 6.52. The van der Waals surface area contributed by atoms with Gasteiger partial charge in [0.25, 0.3) is 0 Å². The van der Waals surface area contributed by atoms with Crippen LogP contribution in [-0.4, -0.2) is 5.91 Å². The molecule has 0 aliphatic carbocycles. The molecule has 0 unspecified atom stereocenters. The monoisotopic (exact) mass is 439 g/mol. The third-order valence-electron chi connectivity index (χ3n) is 4.01. The lowest BCUT2D eigenvalue weighted by Gasteiger charge is -2.18. The van der Waals surface area contributed by atoms with Crippen molar-refractivity contribution in [2.45, 2.75) is 32.9 Å². The molecule has 0 aromatic heterocycles. The van der Waals surface area contributed by atoms with Gasteiger partial charge in [0.05, 0.1) is 5.56 Å². The largest absolute Gasteiger partial charge is 0.416 e. The van der Waals surface area contributed by atoms with E-state index in [1.165, 1.54) is 12.1 Å². The van der Waals surface area contributed by atoms with E-state index in [1.54, 1.807) is 33.0 Å². The highest BCUT2D eigenvalue weighted by atomic mass is 79.9. The number of nitrogens with one attached hydrogen (secondary N) is 1. The smallest absolute Gasteiger partial charge is 0.333 e. The zero-order chi connectivity index (χ0) is 20.2. The van der Waals surface area contributed by atoms with Crippen LogP contribution in [0.4, 0.5) is 13.2 Å². The van der Waals surface area contributed by atoms with E-state index in [0.717, 1.165) is 22.2 Å². The SMILES string of the molecule is CC(C)(C)C(=O)N/C=C\[C@H](c1ccc(Br)cc1)c1ccc(C(F)(F)F)cc1. The Morgan fingerprint density at radius 2 is 1.44 bits per heavy atom. The van der Waals surface area contributed by atoms with Gasteiger partial charge in [-0.15, -0.1) is 0 Å². The number of hydrogen-bond acceptors (Lipinski definition) is 1. The second-order valence-corrected chi connectivity index (χ2v) is 8.15. The van der Waals surface area contributed by atoms with Gasteiger partial charge in [0, 0.05) is 22.0 Å². The van der Waals surface area contributed by atoms with Crippen LogP contribution >= 0.6 is 15.9 Å². The van der Waals surface area contributed by atoms with Crippen LogP contribution in [-0.2, 0) is 11.0 Å². The molecule has 0 aliphatic heterocycles. The van der Waals surface area contributed by atoms with Crippen molar-refractivity contribution in [3.63, 3.8) is 0 Å². The molecule has 0 bridgehead atoms. The maximum atomic E-state index is 12.8. The fourth-order valence-corrected chi connectivity index (χ4v) is 2.67. The molecule has 2 aromatic rings. The van der Waals surface area contributed by atoms with Crippen LogP contribution in [0, 0.1) is 5.41 Å². The zero-order valence-corrected chi connectivity index (χ0v) is 16.9. The second kappa shape index (κ2) is 8.30. The average Bonchev–Trinajstić information content (AvgIpc) is 2.58. The van der Waals surface area contributed by atoms with Crippen LogP contribution in [0.1, 0.15) is 43.4 Å². The van der Waals surface area contributed by atoms with Crippen LogP contribution in [0.25, 0.3) is 0 Å². The Morgan fingerprint density at radius 1 is 0.963 bits per heavy atom. The summed E-state index contributed by atoms with van der Waals surface area (Å²) in [6.45, 7) is 5.41. The molecule has 0 aliphatic rings. The number of halogens is 4. The fraction of sp³-hybridized carbons (Fsp3) is 0.286. The highest BCUT2D eigenvalue weighted by Crippen LogP contribution is 2.32. The van der Waals surface area contributed by atoms with E-state index in [0.29, 0.717) is 5.56 Å². The lowest BCUT2D eigenvalue weighted by molar-refractivity contribution is -0.137. The highest BCUT2D eigenvalue weighted by Gasteiger charge is 2.30. The summed E-state index contributed by atoms with van der Waals surface area (Å²) in [5, 5.41) is 2.73. The van der Waals surface area contributed by atoms with E-state index in [4.69, 9.17) is 0 Å². The van der Waals surface area contributed by atoms with Crippen molar-refractivity contribution >= 4 is 21.8 Å². The predicted octanol–water partition coefficient (Wildman–Crippen LogP) is 6.28. The van der Waals surface area contributed by atoms with Crippen LogP contribution in [0.15, 0.2) is 65.3 Å². The van der Waals surface area contributed by atoms with Gasteiger partial charge in [0.2, 0.25) is 5.91 Å². The van der Waals surface area contributed by atoms with Crippen LogP contribution in [0.5, 0.6) is 0 Å². The minimum Gasteiger partial charge on any atom is -0.333 e. The molecular weight excluding hydrogens is 419 g/mol. The topological polar surface area (TPSA) is 29.1 Å². The van der Waals surface area contributed by atoms with E-state index < -0.39 is 17.2 Å². The summed E-state index contributed by atoms with van der Waals surface area (Å²) < 4.78 is 39.4. The molecule has 0 spiro atoms. The maximum absolute atomic E-state index is 12.8. The first-order valence-corrected chi connectivity index (χ1v) is 9.18. The lowest BCUT2D eigenvalue weighted by Crippen LogP contribution is -2.31. The Balaban J connectivity index is 2.33. The quantitative estimate of drug-likeness (QED) is 0.596. The number of hydrogen-bond donors (Lipinski definition) is 1. The van der Waals surface area contributed by atoms with Crippen LogP contribution < -0.4 is 5.32 Å². The Hall–Kier alpha value is -2.08. The van der Waals surface area contributed by atoms with Gasteiger partial charge in [-0.2, -0.15) is 13.2 Å². The van der Waals surface area contributed by atoms with Gasteiger partial charge < -0.3 is 5.32 Å². The van der Waals surface area contributed by atoms with Crippen LogP contribution in [0.3, 0.4) is 0 Å². The molecule has 144 valence electrons. The van der Waals surface area contributed by atoms with Gasteiger partial charge in [-0.3, -0.25) is 4.79 Å². The van der Waals surface area contributed by atoms with Crippen molar-refractivity contribution in [3.8, 4) is 0 Å². The summed E-state index contributed by atoms with van der Waals surface area (Å²) in [5.41, 5.74) is 0.378. The van der Waals surface area contributed by atoms with Crippen molar-refractivity contribution in [2.24, 2.45) is 5.41 Å². The van der Waals surface area contributed by atoms with E-state index in [-0.39, 0.29) is 11.8 Å². The molecule has 1 amide bonds. The van der Waals surface area contributed by atoms with Gasteiger partial charge in [-0.25, -0.2) is 0 Å². The standard InChI is InChI=1S/C21H21BrF3NO/c1-20(2,3)19(27)26-13-12-18(15-6-10-17(22)11-7-15)14-4-8-16(9-5-14)21(23,24)25/h4-13,18H,1-3H3,(H,26,27)/b13-12-/t18-/m0/s1. The van der Waals surface area contributed by atoms with Gasteiger partial charge in [0.15, 0.2) is 0 Å². The van der Waals surface area contributed by atoms with Gasteiger partial charge in [-0.05, 0) is 35.4 Å². The summed E-state index contributed by atoms with van der Waals surface area (Å²) >= 11 is 3.38. The molecule has 1 N–H and O–H groups in total. The number of carbonyl (C=O) groups excluding carboxylic acids is 1. The zero-order valence-electron chi connectivity index (χ0n) is 15.3. The normalized spacial score (nSPS) is 13.6. The first kappa shape index (κ1) is 21.2. The molecule has 0 fully saturated rings. The number of benzene rings is 2. The number of carbonyl (C=O) groups is 1. The molecular formula is C21H21BrF3NO. The van der Waals surface area contributed by atoms with E-state index in [1.807, 2.05) is 24.3 Å². The van der Waals surface area contributed by atoms with Crippen molar-refractivity contribution in [1.82, 2.24) is 5.32 Å². The summed E-state index contributed by atoms with van der Waals surface area (Å²) in [6, 6.07) is 12.6. The molecule has 2 aromatic carbocycles. The molecule has 0 saturated carbocycles. The highest BCUT2D eigenvalue weighted by molar-refractivity contribution is 9.10. The first-order chi connectivity index (χ1) is 12.5. The molecule has 1 atom stereocenters. The number of allylic oxidation sites excluding steroid dienone is 1. The third-order valence-corrected chi connectivity index (χ3v) is 4.54. The molecule has 0 heterocycles. The lowest BCUT2D eigenvalue weighted by atomic mass is 9.90. The summed E-state index contributed by atoms with van der Waals surface area (Å²) in [4.78, 5) is 12.0. The second-order valence-electron chi connectivity index (χ2n) is 7.23. The van der Waals surface area contributed by atoms with Crippen molar-refractivity contribution in [2.75, 3.05) is 0 Å². The van der Waals surface area contributed by atoms with Crippen LogP contribution in [0.2, 0.25) is 0 Å². The van der Waals surface area contributed by atoms with Crippen molar-refractivity contribution in [3.05, 3.63) is 82.0 Å².